The molecule has 0 spiro atoms. The highest BCUT2D eigenvalue weighted by molar-refractivity contribution is 5.79. The first-order chi connectivity index (χ1) is 12.7. The van der Waals surface area contributed by atoms with Gasteiger partial charge in [-0.15, -0.1) is 0 Å². The average Bonchev–Trinajstić information content (AvgIpc) is 2.67. The van der Waals surface area contributed by atoms with Crippen molar-refractivity contribution in [3.63, 3.8) is 0 Å². The average molecular weight is 366 g/mol. The van der Waals surface area contributed by atoms with Crippen molar-refractivity contribution in [2.24, 2.45) is 0 Å². The van der Waals surface area contributed by atoms with Gasteiger partial charge in [0.05, 0.1) is 13.2 Å². The molecule has 0 unspecified atom stereocenters. The Bertz CT molecular complexity index is 400. The molecular formula is C22H39NO3. The normalized spacial score (nSPS) is 14.9. The van der Waals surface area contributed by atoms with Crippen molar-refractivity contribution < 1.29 is 14.3 Å². The second kappa shape index (κ2) is 16.0. The Labute approximate surface area is 160 Å². The molecule has 26 heavy (non-hydrogen) atoms. The molecule has 0 bridgehead atoms. The summed E-state index contributed by atoms with van der Waals surface area (Å²) in [7, 11) is 0. The van der Waals surface area contributed by atoms with Crippen molar-refractivity contribution in [1.82, 2.24) is 4.90 Å². The molecule has 4 heteroatoms. The van der Waals surface area contributed by atoms with Crippen LogP contribution < -0.4 is 0 Å². The highest BCUT2D eigenvalue weighted by Crippen LogP contribution is 2.10. The molecule has 0 saturated carbocycles. The van der Waals surface area contributed by atoms with Crippen molar-refractivity contribution in [2.75, 3.05) is 26.3 Å². The van der Waals surface area contributed by atoms with Crippen LogP contribution in [0.5, 0.6) is 0 Å². The van der Waals surface area contributed by atoms with Crippen LogP contribution in [-0.4, -0.2) is 42.9 Å². The Morgan fingerprint density at radius 3 is 2.27 bits per heavy atom. The van der Waals surface area contributed by atoms with E-state index >= 15 is 0 Å². The van der Waals surface area contributed by atoms with Crippen molar-refractivity contribution >= 4 is 11.7 Å². The number of unbranched alkanes of at least 4 members (excludes halogenated alkanes) is 8. The quantitative estimate of drug-likeness (QED) is 0.301. The van der Waals surface area contributed by atoms with Crippen LogP contribution in [0, 0.1) is 0 Å². The second-order valence-electron chi connectivity index (χ2n) is 7.32. The summed E-state index contributed by atoms with van der Waals surface area (Å²) >= 11 is 0. The molecule has 1 fully saturated rings. The molecule has 1 amide bonds. The van der Waals surface area contributed by atoms with E-state index in [0.29, 0.717) is 31.8 Å². The highest BCUT2D eigenvalue weighted by atomic mass is 16.5. The third-order valence-corrected chi connectivity index (χ3v) is 4.95. The van der Waals surface area contributed by atoms with Crippen LogP contribution >= 0.6 is 0 Å². The Hall–Kier alpha value is -1.16. The number of morpholine rings is 1. The third kappa shape index (κ3) is 12.2. The molecule has 1 aliphatic rings. The van der Waals surface area contributed by atoms with Gasteiger partial charge < -0.3 is 9.64 Å². The molecule has 150 valence electrons. The van der Waals surface area contributed by atoms with Crippen LogP contribution in [0.15, 0.2) is 12.2 Å². The Morgan fingerprint density at radius 1 is 0.846 bits per heavy atom. The number of rotatable bonds is 15. The van der Waals surface area contributed by atoms with Gasteiger partial charge in [-0.05, 0) is 25.7 Å². The zero-order chi connectivity index (χ0) is 18.9. The van der Waals surface area contributed by atoms with Crippen LogP contribution in [0.1, 0.15) is 90.4 Å². The molecular weight excluding hydrogens is 326 g/mol. The molecule has 1 aliphatic heterocycles. The predicted molar refractivity (Wildman–Crippen MR) is 107 cm³/mol. The maximum absolute atomic E-state index is 12.0. The zero-order valence-electron chi connectivity index (χ0n) is 16.8. The number of allylic oxidation sites excluding steroid dienone is 2. The van der Waals surface area contributed by atoms with Gasteiger partial charge in [0.15, 0.2) is 0 Å². The van der Waals surface area contributed by atoms with Gasteiger partial charge >= 0.3 is 0 Å². The van der Waals surface area contributed by atoms with Crippen LogP contribution in [-0.2, 0) is 14.3 Å². The maximum Gasteiger partial charge on any atom is 0.222 e. The van der Waals surface area contributed by atoms with E-state index in [9.17, 15) is 9.59 Å². The lowest BCUT2D eigenvalue weighted by molar-refractivity contribution is -0.135. The first-order valence-electron chi connectivity index (χ1n) is 10.8. The Kier molecular flexibility index (Phi) is 14.1. The van der Waals surface area contributed by atoms with Crippen molar-refractivity contribution in [3.8, 4) is 0 Å². The topological polar surface area (TPSA) is 46.6 Å². The van der Waals surface area contributed by atoms with Crippen LogP contribution in [0.3, 0.4) is 0 Å². The van der Waals surface area contributed by atoms with E-state index in [-0.39, 0.29) is 5.91 Å². The fraction of sp³-hybridized carbons (Fsp3) is 0.818. The molecule has 1 saturated heterocycles. The summed E-state index contributed by atoms with van der Waals surface area (Å²) in [6.45, 7) is 5.07. The lowest BCUT2D eigenvalue weighted by Gasteiger charge is -2.26. The summed E-state index contributed by atoms with van der Waals surface area (Å²) in [5.41, 5.74) is 0. The lowest BCUT2D eigenvalue weighted by Crippen LogP contribution is -2.40. The minimum absolute atomic E-state index is 0.288. The van der Waals surface area contributed by atoms with E-state index in [1.807, 2.05) is 11.0 Å². The Balaban J connectivity index is 1.86. The highest BCUT2D eigenvalue weighted by Gasteiger charge is 2.15. The van der Waals surface area contributed by atoms with Crippen LogP contribution in [0.4, 0.5) is 0 Å². The van der Waals surface area contributed by atoms with Crippen molar-refractivity contribution in [3.05, 3.63) is 12.2 Å². The van der Waals surface area contributed by atoms with E-state index < -0.39 is 0 Å². The van der Waals surface area contributed by atoms with Crippen molar-refractivity contribution in [1.29, 1.82) is 0 Å². The second-order valence-corrected chi connectivity index (χ2v) is 7.32. The fourth-order valence-electron chi connectivity index (χ4n) is 3.22. The van der Waals surface area contributed by atoms with Gasteiger partial charge in [-0.3, -0.25) is 9.59 Å². The molecule has 1 rings (SSSR count). The summed E-state index contributed by atoms with van der Waals surface area (Å²) in [5.74, 6) is 0.665. The molecule has 4 nitrogen and oxygen atoms in total. The smallest absolute Gasteiger partial charge is 0.222 e. The van der Waals surface area contributed by atoms with E-state index in [2.05, 4.69) is 13.0 Å². The fourth-order valence-corrected chi connectivity index (χ4v) is 3.22. The largest absolute Gasteiger partial charge is 0.378 e. The third-order valence-electron chi connectivity index (χ3n) is 4.95. The number of hydrogen-bond donors (Lipinski definition) is 0. The molecule has 0 aromatic heterocycles. The summed E-state index contributed by atoms with van der Waals surface area (Å²) in [6.07, 6.45) is 17.7. The monoisotopic (exact) mass is 365 g/mol. The van der Waals surface area contributed by atoms with Gasteiger partial charge in [-0.25, -0.2) is 0 Å². The number of ether oxygens (including phenoxy) is 1. The Morgan fingerprint density at radius 2 is 1.50 bits per heavy atom. The molecule has 0 aliphatic carbocycles. The maximum atomic E-state index is 12.0. The van der Waals surface area contributed by atoms with Gasteiger partial charge in [0, 0.05) is 32.4 Å². The standard InChI is InChI=1S/C22H39NO3/c1-2-3-4-11-14-21(24)15-12-9-7-5-6-8-10-13-16-22(25)23-17-19-26-20-18-23/h9,12H,2-8,10-11,13-20H2,1H3. The van der Waals surface area contributed by atoms with E-state index in [0.717, 1.165) is 45.2 Å². The van der Waals surface area contributed by atoms with Gasteiger partial charge in [0.25, 0.3) is 0 Å². The van der Waals surface area contributed by atoms with Crippen molar-refractivity contribution in [2.45, 2.75) is 90.4 Å². The van der Waals surface area contributed by atoms with E-state index in [1.165, 1.54) is 38.5 Å². The van der Waals surface area contributed by atoms with Gasteiger partial charge in [-0.1, -0.05) is 57.6 Å². The molecule has 0 aromatic rings. The summed E-state index contributed by atoms with van der Waals surface area (Å²) in [5, 5.41) is 0. The number of Topliss-reactive ketones (excluding diaryl/α,β-unsaturated/α-hetero) is 1. The minimum atomic E-state index is 0.288. The van der Waals surface area contributed by atoms with Gasteiger partial charge in [0.2, 0.25) is 5.91 Å². The summed E-state index contributed by atoms with van der Waals surface area (Å²) in [4.78, 5) is 25.6. The molecule has 0 N–H and O–H groups in total. The van der Waals surface area contributed by atoms with Crippen LogP contribution in [0.25, 0.3) is 0 Å². The molecule has 0 atom stereocenters. The SMILES string of the molecule is CCCCCCC(=O)CC=CCCCCCCCC(=O)N1CCOCC1. The summed E-state index contributed by atoms with van der Waals surface area (Å²) < 4.78 is 5.27. The van der Waals surface area contributed by atoms with E-state index in [4.69, 9.17) is 4.74 Å². The molecule has 0 aromatic carbocycles. The minimum Gasteiger partial charge on any atom is -0.378 e. The number of nitrogens with zero attached hydrogens (tertiary/aromatic N) is 1. The van der Waals surface area contributed by atoms with E-state index in [1.54, 1.807) is 0 Å². The number of carbonyl (C=O) groups is 2. The first kappa shape index (κ1) is 22.9. The van der Waals surface area contributed by atoms with Gasteiger partial charge in [-0.2, -0.15) is 0 Å². The molecule has 0 radical (unpaired) electrons. The number of amides is 1. The molecule has 1 heterocycles. The number of hydrogen-bond acceptors (Lipinski definition) is 3. The number of ketones is 1. The number of carbonyl (C=O) groups excluding carboxylic acids is 2. The summed E-state index contributed by atoms with van der Waals surface area (Å²) in [6, 6.07) is 0. The van der Waals surface area contributed by atoms with Gasteiger partial charge in [0.1, 0.15) is 5.78 Å². The first-order valence-corrected chi connectivity index (χ1v) is 10.8. The zero-order valence-corrected chi connectivity index (χ0v) is 16.8. The van der Waals surface area contributed by atoms with Crippen LogP contribution in [0.2, 0.25) is 0 Å². The predicted octanol–water partition coefficient (Wildman–Crippen LogP) is 5.06. The lowest BCUT2D eigenvalue weighted by atomic mass is 10.1.